The molecule has 0 spiro atoms. The Kier molecular flexibility index (Phi) is 5.35. The van der Waals surface area contributed by atoms with Crippen molar-refractivity contribution in [2.75, 3.05) is 19.6 Å². The molecule has 0 aromatic heterocycles. The maximum Gasteiger partial charge on any atom is 0.244 e. The SMILES string of the molecule is CC(NC(=O)C(C)(C)C)C(=O)N1CCC(CN)CC1. The summed E-state index contributed by atoms with van der Waals surface area (Å²) in [6.45, 7) is 9.46. The van der Waals surface area contributed by atoms with Crippen molar-refractivity contribution in [2.24, 2.45) is 17.1 Å². The molecule has 0 bridgehead atoms. The van der Waals surface area contributed by atoms with Gasteiger partial charge in [0, 0.05) is 18.5 Å². The maximum absolute atomic E-state index is 12.2. The first-order valence-corrected chi connectivity index (χ1v) is 7.05. The third-order valence-corrected chi connectivity index (χ3v) is 3.66. The molecule has 0 radical (unpaired) electrons. The van der Waals surface area contributed by atoms with E-state index in [2.05, 4.69) is 5.32 Å². The summed E-state index contributed by atoms with van der Waals surface area (Å²) in [4.78, 5) is 25.9. The highest BCUT2D eigenvalue weighted by Crippen LogP contribution is 2.17. The summed E-state index contributed by atoms with van der Waals surface area (Å²) in [6, 6.07) is -0.457. The van der Waals surface area contributed by atoms with Crippen LogP contribution in [-0.2, 0) is 9.59 Å². The summed E-state index contributed by atoms with van der Waals surface area (Å²) >= 11 is 0. The summed E-state index contributed by atoms with van der Waals surface area (Å²) in [7, 11) is 0. The number of hydrogen-bond acceptors (Lipinski definition) is 3. The molecule has 5 heteroatoms. The first-order valence-electron chi connectivity index (χ1n) is 7.05. The molecule has 110 valence electrons. The van der Waals surface area contributed by atoms with E-state index in [1.54, 1.807) is 6.92 Å². The molecule has 1 fully saturated rings. The quantitative estimate of drug-likeness (QED) is 0.793. The Morgan fingerprint density at radius 1 is 1.32 bits per heavy atom. The Balaban J connectivity index is 2.47. The number of carbonyl (C=O) groups is 2. The van der Waals surface area contributed by atoms with Crippen LogP contribution in [0, 0.1) is 11.3 Å². The van der Waals surface area contributed by atoms with Gasteiger partial charge in [0.1, 0.15) is 6.04 Å². The van der Waals surface area contributed by atoms with Gasteiger partial charge in [-0.1, -0.05) is 20.8 Å². The second-order valence-electron chi connectivity index (χ2n) is 6.45. The average molecular weight is 269 g/mol. The van der Waals surface area contributed by atoms with Gasteiger partial charge >= 0.3 is 0 Å². The minimum Gasteiger partial charge on any atom is -0.344 e. The lowest BCUT2D eigenvalue weighted by molar-refractivity contribution is -0.139. The van der Waals surface area contributed by atoms with Gasteiger partial charge in [0.15, 0.2) is 0 Å². The number of nitrogens with two attached hydrogens (primary N) is 1. The zero-order valence-corrected chi connectivity index (χ0v) is 12.5. The van der Waals surface area contributed by atoms with Crippen LogP contribution in [-0.4, -0.2) is 42.4 Å². The van der Waals surface area contributed by atoms with Gasteiger partial charge in [0.25, 0.3) is 0 Å². The number of carbonyl (C=O) groups excluding carboxylic acids is 2. The van der Waals surface area contributed by atoms with Crippen LogP contribution in [0.2, 0.25) is 0 Å². The predicted octanol–water partition coefficient (Wildman–Crippen LogP) is 0.735. The molecule has 0 saturated carbocycles. The molecular weight excluding hydrogens is 242 g/mol. The lowest BCUT2D eigenvalue weighted by Gasteiger charge is -2.33. The number of nitrogens with one attached hydrogen (secondary N) is 1. The van der Waals surface area contributed by atoms with E-state index in [4.69, 9.17) is 5.73 Å². The monoisotopic (exact) mass is 269 g/mol. The van der Waals surface area contributed by atoms with Gasteiger partial charge in [0.2, 0.25) is 11.8 Å². The predicted molar refractivity (Wildman–Crippen MR) is 75.4 cm³/mol. The van der Waals surface area contributed by atoms with E-state index >= 15 is 0 Å². The minimum atomic E-state index is -0.471. The first kappa shape index (κ1) is 16.0. The molecule has 1 unspecified atom stereocenters. The Morgan fingerprint density at radius 2 is 1.84 bits per heavy atom. The minimum absolute atomic E-state index is 0.00747. The fourth-order valence-electron chi connectivity index (χ4n) is 2.14. The lowest BCUT2D eigenvalue weighted by Crippen LogP contribution is -2.51. The van der Waals surface area contributed by atoms with Gasteiger partial charge in [-0.25, -0.2) is 0 Å². The zero-order chi connectivity index (χ0) is 14.6. The second kappa shape index (κ2) is 6.37. The molecule has 1 aliphatic heterocycles. The highest BCUT2D eigenvalue weighted by molar-refractivity contribution is 5.89. The molecule has 1 aliphatic rings. The van der Waals surface area contributed by atoms with Crippen LogP contribution in [0.25, 0.3) is 0 Å². The van der Waals surface area contributed by atoms with Crippen molar-refractivity contribution in [3.63, 3.8) is 0 Å². The molecule has 1 atom stereocenters. The third kappa shape index (κ3) is 4.49. The van der Waals surface area contributed by atoms with E-state index in [-0.39, 0.29) is 11.8 Å². The van der Waals surface area contributed by atoms with Crippen LogP contribution in [0.3, 0.4) is 0 Å². The van der Waals surface area contributed by atoms with Crippen molar-refractivity contribution in [3.8, 4) is 0 Å². The van der Waals surface area contributed by atoms with Crippen molar-refractivity contribution < 1.29 is 9.59 Å². The molecule has 5 nitrogen and oxygen atoms in total. The van der Waals surface area contributed by atoms with Gasteiger partial charge in [-0.2, -0.15) is 0 Å². The van der Waals surface area contributed by atoms with Crippen molar-refractivity contribution in [1.29, 1.82) is 0 Å². The van der Waals surface area contributed by atoms with Crippen LogP contribution < -0.4 is 11.1 Å². The van der Waals surface area contributed by atoms with Crippen LogP contribution in [0.4, 0.5) is 0 Å². The topological polar surface area (TPSA) is 75.4 Å². The van der Waals surface area contributed by atoms with Crippen molar-refractivity contribution in [1.82, 2.24) is 10.2 Å². The number of amides is 2. The van der Waals surface area contributed by atoms with Crippen molar-refractivity contribution >= 4 is 11.8 Å². The van der Waals surface area contributed by atoms with Gasteiger partial charge in [-0.05, 0) is 32.2 Å². The van der Waals surface area contributed by atoms with Crippen LogP contribution in [0.5, 0.6) is 0 Å². The number of piperidine rings is 1. The van der Waals surface area contributed by atoms with E-state index in [1.165, 1.54) is 0 Å². The number of hydrogen-bond donors (Lipinski definition) is 2. The summed E-state index contributed by atoms with van der Waals surface area (Å²) in [5, 5.41) is 2.79. The zero-order valence-electron chi connectivity index (χ0n) is 12.5. The Labute approximate surface area is 115 Å². The van der Waals surface area contributed by atoms with E-state index < -0.39 is 11.5 Å². The van der Waals surface area contributed by atoms with Gasteiger partial charge in [0.05, 0.1) is 0 Å². The Bertz CT molecular complexity index is 328. The number of likely N-dealkylation sites (tertiary alicyclic amines) is 1. The summed E-state index contributed by atoms with van der Waals surface area (Å²) < 4.78 is 0. The molecular formula is C14H27N3O2. The standard InChI is InChI=1S/C14H27N3O2/c1-10(16-13(19)14(2,3)4)12(18)17-7-5-11(9-15)6-8-17/h10-11H,5-9,15H2,1-4H3,(H,16,19). The summed E-state index contributed by atoms with van der Waals surface area (Å²) in [5.41, 5.74) is 5.17. The summed E-state index contributed by atoms with van der Waals surface area (Å²) in [6.07, 6.45) is 1.92. The third-order valence-electron chi connectivity index (χ3n) is 3.66. The Morgan fingerprint density at radius 3 is 2.26 bits per heavy atom. The fraction of sp³-hybridized carbons (Fsp3) is 0.857. The summed E-state index contributed by atoms with van der Waals surface area (Å²) in [5.74, 6) is 0.446. The molecule has 19 heavy (non-hydrogen) atoms. The second-order valence-corrected chi connectivity index (χ2v) is 6.45. The van der Waals surface area contributed by atoms with Crippen LogP contribution in [0.15, 0.2) is 0 Å². The van der Waals surface area contributed by atoms with Gasteiger partial charge in [-0.15, -0.1) is 0 Å². The highest BCUT2D eigenvalue weighted by Gasteiger charge is 2.29. The molecule has 1 saturated heterocycles. The number of rotatable bonds is 3. The van der Waals surface area contributed by atoms with E-state index in [9.17, 15) is 9.59 Å². The smallest absolute Gasteiger partial charge is 0.244 e. The van der Waals surface area contributed by atoms with Crippen molar-refractivity contribution in [3.05, 3.63) is 0 Å². The first-order chi connectivity index (χ1) is 8.75. The Hall–Kier alpha value is -1.10. The van der Waals surface area contributed by atoms with Crippen LogP contribution >= 0.6 is 0 Å². The van der Waals surface area contributed by atoms with Crippen LogP contribution in [0.1, 0.15) is 40.5 Å². The molecule has 1 rings (SSSR count). The molecule has 0 aliphatic carbocycles. The largest absolute Gasteiger partial charge is 0.344 e. The molecule has 3 N–H and O–H groups in total. The molecule has 2 amide bonds. The van der Waals surface area contributed by atoms with Gasteiger partial charge < -0.3 is 16.0 Å². The van der Waals surface area contributed by atoms with Crippen molar-refractivity contribution in [2.45, 2.75) is 46.6 Å². The van der Waals surface area contributed by atoms with E-state index in [1.807, 2.05) is 25.7 Å². The normalized spacial score (nSPS) is 19.1. The van der Waals surface area contributed by atoms with E-state index in [0.717, 1.165) is 25.9 Å². The van der Waals surface area contributed by atoms with Gasteiger partial charge in [-0.3, -0.25) is 9.59 Å². The molecule has 0 aromatic carbocycles. The molecule has 0 aromatic rings. The lowest BCUT2D eigenvalue weighted by atomic mass is 9.95. The number of nitrogens with zero attached hydrogens (tertiary/aromatic N) is 1. The van der Waals surface area contributed by atoms with E-state index in [0.29, 0.717) is 12.5 Å². The fourth-order valence-corrected chi connectivity index (χ4v) is 2.14. The highest BCUT2D eigenvalue weighted by atomic mass is 16.2. The maximum atomic E-state index is 12.2. The average Bonchev–Trinajstić information content (AvgIpc) is 2.36. The molecule has 1 heterocycles.